The van der Waals surface area contributed by atoms with Crippen LogP contribution in [0.4, 0.5) is 0 Å². The van der Waals surface area contributed by atoms with E-state index in [1.165, 1.54) is 39.4 Å². The number of hydrogen-bond donors (Lipinski definition) is 0. The fourth-order valence-electron chi connectivity index (χ4n) is 3.93. The average molecular weight is 341 g/mol. The Kier molecular flexibility index (Phi) is 3.20. The van der Waals surface area contributed by atoms with Crippen LogP contribution in [-0.2, 0) is 0 Å². The van der Waals surface area contributed by atoms with Gasteiger partial charge in [0.05, 0.1) is 11.4 Å². The molecule has 0 bridgehead atoms. The van der Waals surface area contributed by atoms with E-state index in [-0.39, 0.29) is 0 Å². The maximum Gasteiger partial charge on any atom is 0.0908 e. The number of fused-ring (bicyclic) bond motifs is 5. The van der Waals surface area contributed by atoms with E-state index in [4.69, 9.17) is 16.6 Å². The summed E-state index contributed by atoms with van der Waals surface area (Å²) in [6.45, 7) is 0.956. The van der Waals surface area contributed by atoms with Crippen molar-refractivity contribution >= 4 is 29.1 Å². The molecule has 4 heteroatoms. The van der Waals surface area contributed by atoms with Gasteiger partial charge in [0.2, 0.25) is 0 Å². The molecule has 0 spiro atoms. The quantitative estimate of drug-likeness (QED) is 0.677. The largest absolute Gasteiger partial charge is 0.345 e. The first kappa shape index (κ1) is 13.9. The van der Waals surface area contributed by atoms with Crippen LogP contribution in [0.1, 0.15) is 19.3 Å². The fourth-order valence-corrected chi connectivity index (χ4v) is 5.11. The maximum atomic E-state index is 5.98. The van der Waals surface area contributed by atoms with Crippen molar-refractivity contribution in [1.82, 2.24) is 4.90 Å². The molecule has 5 aliphatic rings. The van der Waals surface area contributed by atoms with Gasteiger partial charge < -0.3 is 4.90 Å². The highest BCUT2D eigenvalue weighted by molar-refractivity contribution is 8.03. The summed E-state index contributed by atoms with van der Waals surface area (Å²) in [6, 6.07) is 0. The van der Waals surface area contributed by atoms with Crippen LogP contribution in [0.2, 0.25) is 0 Å². The number of hydrogen-bond acceptors (Lipinski definition) is 3. The van der Waals surface area contributed by atoms with E-state index < -0.39 is 0 Å². The molecule has 1 aliphatic carbocycles. The Balaban J connectivity index is 1.60. The molecule has 0 fully saturated rings. The lowest BCUT2D eigenvalue weighted by molar-refractivity contribution is 0.457. The van der Waals surface area contributed by atoms with Crippen molar-refractivity contribution in [3.8, 4) is 0 Å². The van der Waals surface area contributed by atoms with Gasteiger partial charge in [0.1, 0.15) is 0 Å². The standard InChI is InChI=1S/C19H17ClN2S/c20-7-4-12-2-1-3-14-15-5-8-22-11-13-6-9-23-17(13)10-16(22)19(15)21-18(12)14/h2-3,5-6,9,11,17H,1,4,7-8,10H2/t17-/m0/s1. The molecule has 0 N–H and O–H groups in total. The highest BCUT2D eigenvalue weighted by Gasteiger charge is 2.36. The minimum Gasteiger partial charge on any atom is -0.345 e. The summed E-state index contributed by atoms with van der Waals surface area (Å²) in [4.78, 5) is 7.45. The number of thioether (sulfide) groups is 1. The summed E-state index contributed by atoms with van der Waals surface area (Å²) in [6.07, 6.45) is 14.5. The van der Waals surface area contributed by atoms with Gasteiger partial charge in [-0.1, -0.05) is 24.3 Å². The van der Waals surface area contributed by atoms with Gasteiger partial charge in [0.25, 0.3) is 0 Å². The van der Waals surface area contributed by atoms with Crippen LogP contribution in [0.5, 0.6) is 0 Å². The minimum atomic E-state index is 0.572. The third-order valence-corrected chi connectivity index (χ3v) is 6.30. The van der Waals surface area contributed by atoms with Crippen LogP contribution < -0.4 is 0 Å². The van der Waals surface area contributed by atoms with Crippen molar-refractivity contribution in [1.29, 1.82) is 0 Å². The summed E-state index contributed by atoms with van der Waals surface area (Å²) in [5.74, 6) is 0.658. The zero-order valence-corrected chi connectivity index (χ0v) is 14.3. The fraction of sp³-hybridized carbons (Fsp3) is 0.316. The monoisotopic (exact) mass is 340 g/mol. The van der Waals surface area contributed by atoms with Gasteiger partial charge >= 0.3 is 0 Å². The lowest BCUT2D eigenvalue weighted by Crippen LogP contribution is -2.29. The van der Waals surface area contributed by atoms with Crippen molar-refractivity contribution < 1.29 is 0 Å². The zero-order valence-electron chi connectivity index (χ0n) is 12.8. The summed E-state index contributed by atoms with van der Waals surface area (Å²) in [7, 11) is 0. The average Bonchev–Trinajstić information content (AvgIpc) is 3.17. The van der Waals surface area contributed by atoms with E-state index in [2.05, 4.69) is 40.8 Å². The van der Waals surface area contributed by atoms with Crippen LogP contribution in [-0.4, -0.2) is 28.3 Å². The summed E-state index contributed by atoms with van der Waals surface area (Å²) in [5.41, 5.74) is 9.20. The van der Waals surface area contributed by atoms with Gasteiger partial charge in [-0.25, -0.2) is 4.99 Å². The molecular formula is C19H17ClN2S. The zero-order chi connectivity index (χ0) is 15.4. The van der Waals surface area contributed by atoms with Crippen molar-refractivity contribution in [3.63, 3.8) is 0 Å². The van der Waals surface area contributed by atoms with Crippen molar-refractivity contribution in [2.45, 2.75) is 24.5 Å². The Morgan fingerprint density at radius 3 is 3.13 bits per heavy atom. The second-order valence-electron chi connectivity index (χ2n) is 6.31. The normalized spacial score (nSPS) is 27.4. The Hall–Kier alpha value is -1.45. The first-order chi connectivity index (χ1) is 11.3. The first-order valence-corrected chi connectivity index (χ1v) is 9.62. The Bertz CT molecular complexity index is 807. The van der Waals surface area contributed by atoms with E-state index in [0.29, 0.717) is 11.1 Å². The SMILES string of the molecule is ClCCC1=CCC=C2C3=CCN4C=C5C=CS[C@H]5CC4=C3N=C12. The summed E-state index contributed by atoms with van der Waals surface area (Å²) in [5, 5.41) is 2.79. The summed E-state index contributed by atoms with van der Waals surface area (Å²) >= 11 is 7.91. The molecule has 0 aromatic carbocycles. The predicted molar refractivity (Wildman–Crippen MR) is 98.6 cm³/mol. The highest BCUT2D eigenvalue weighted by atomic mass is 35.5. The number of alkyl halides is 1. The topological polar surface area (TPSA) is 15.6 Å². The van der Waals surface area contributed by atoms with Crippen LogP contribution in [0.25, 0.3) is 0 Å². The van der Waals surface area contributed by atoms with E-state index in [1.54, 1.807) is 0 Å². The molecule has 0 aromatic rings. The van der Waals surface area contributed by atoms with Crippen molar-refractivity contribution in [2.24, 2.45) is 4.99 Å². The van der Waals surface area contributed by atoms with Crippen molar-refractivity contribution in [2.75, 3.05) is 12.4 Å². The van der Waals surface area contributed by atoms with Gasteiger partial charge in [-0.15, -0.1) is 23.4 Å². The van der Waals surface area contributed by atoms with Gasteiger partial charge in [-0.05, 0) is 29.4 Å². The van der Waals surface area contributed by atoms with Gasteiger partial charge in [-0.2, -0.15) is 0 Å². The second kappa shape index (κ2) is 5.29. The van der Waals surface area contributed by atoms with E-state index in [9.17, 15) is 0 Å². The van der Waals surface area contributed by atoms with E-state index >= 15 is 0 Å². The van der Waals surface area contributed by atoms with Crippen LogP contribution in [0.3, 0.4) is 0 Å². The maximum absolute atomic E-state index is 5.98. The number of allylic oxidation sites excluding steroid dienone is 6. The molecule has 0 unspecified atom stereocenters. The lowest BCUT2D eigenvalue weighted by Gasteiger charge is -2.34. The molecule has 0 saturated carbocycles. The molecule has 0 radical (unpaired) electrons. The molecule has 2 nitrogen and oxygen atoms in total. The molecule has 1 atom stereocenters. The molecule has 23 heavy (non-hydrogen) atoms. The summed E-state index contributed by atoms with van der Waals surface area (Å²) < 4.78 is 0. The van der Waals surface area contributed by atoms with Gasteiger partial charge in [-0.3, -0.25) is 0 Å². The van der Waals surface area contributed by atoms with Crippen LogP contribution in [0, 0.1) is 0 Å². The molecule has 0 saturated heterocycles. The Morgan fingerprint density at radius 1 is 1.26 bits per heavy atom. The van der Waals surface area contributed by atoms with E-state index in [1.807, 2.05) is 11.8 Å². The molecule has 0 amide bonds. The number of aliphatic imine (C=N–C) groups is 1. The van der Waals surface area contributed by atoms with Gasteiger partial charge in [0, 0.05) is 47.1 Å². The van der Waals surface area contributed by atoms with E-state index in [0.717, 1.165) is 25.8 Å². The molecule has 5 rings (SSSR count). The first-order valence-electron chi connectivity index (χ1n) is 8.14. The smallest absolute Gasteiger partial charge is 0.0908 e. The molecule has 4 heterocycles. The highest BCUT2D eigenvalue weighted by Crippen LogP contribution is 2.46. The van der Waals surface area contributed by atoms with Crippen LogP contribution in [0.15, 0.2) is 74.6 Å². The third-order valence-electron chi connectivity index (χ3n) is 5.05. The van der Waals surface area contributed by atoms with Crippen LogP contribution >= 0.6 is 23.4 Å². The van der Waals surface area contributed by atoms with Gasteiger partial charge in [0.15, 0.2) is 0 Å². The Morgan fingerprint density at radius 2 is 2.22 bits per heavy atom. The molecule has 0 aromatic heterocycles. The number of nitrogens with zero attached hydrogens (tertiary/aromatic N) is 2. The number of rotatable bonds is 2. The Labute approximate surface area is 145 Å². The number of halogens is 1. The lowest BCUT2D eigenvalue weighted by atomic mass is 9.88. The second-order valence-corrected chi connectivity index (χ2v) is 7.80. The molecular weight excluding hydrogens is 324 g/mol. The molecule has 4 aliphatic heterocycles. The predicted octanol–water partition coefficient (Wildman–Crippen LogP) is 4.70. The minimum absolute atomic E-state index is 0.572. The third kappa shape index (κ3) is 2.06. The van der Waals surface area contributed by atoms with Crippen molar-refractivity contribution in [3.05, 3.63) is 69.6 Å². The molecule has 116 valence electrons.